The molecule has 2 atom stereocenters. The molecule has 0 spiro atoms. The molecule has 1 aliphatic rings. The number of hydrogen-bond acceptors (Lipinski definition) is 3. The van der Waals surface area contributed by atoms with Gasteiger partial charge in [-0.25, -0.2) is 0 Å². The third kappa shape index (κ3) is 2.67. The lowest BCUT2D eigenvalue weighted by Crippen LogP contribution is -2.43. The quantitative estimate of drug-likeness (QED) is 0.615. The Hall–Kier alpha value is -0.610. The van der Waals surface area contributed by atoms with E-state index in [4.69, 9.17) is 0 Å². The lowest BCUT2D eigenvalue weighted by Gasteiger charge is -2.19. The Balaban J connectivity index is 2.47. The number of likely N-dealkylation sites (N-methyl/N-ethyl adjacent to an activating group) is 1. The molecule has 0 bridgehead atoms. The topological polar surface area (TPSA) is 52.6 Å². The van der Waals surface area contributed by atoms with Crippen LogP contribution in [0.5, 0.6) is 0 Å². The molecule has 0 saturated carbocycles. The number of carbonyl (C=O) groups excluding carboxylic acids is 1. The fourth-order valence-electron chi connectivity index (χ4n) is 1.66. The van der Waals surface area contributed by atoms with Gasteiger partial charge in [-0.1, -0.05) is 0 Å². The Labute approximate surface area is 78.9 Å². The summed E-state index contributed by atoms with van der Waals surface area (Å²) >= 11 is 0. The third-order valence-corrected chi connectivity index (χ3v) is 2.26. The minimum Gasteiger partial charge on any atom is -0.392 e. The highest BCUT2D eigenvalue weighted by Gasteiger charge is 2.33. The minimum atomic E-state index is -0.354. The van der Waals surface area contributed by atoms with E-state index < -0.39 is 0 Å². The fourth-order valence-corrected chi connectivity index (χ4v) is 1.66. The van der Waals surface area contributed by atoms with Crippen molar-refractivity contribution in [1.82, 2.24) is 10.2 Å². The zero-order chi connectivity index (χ0) is 10.0. The average molecular weight is 186 g/mol. The molecular weight excluding hydrogens is 168 g/mol. The molecule has 2 N–H and O–H groups in total. The first kappa shape index (κ1) is 10.5. The van der Waals surface area contributed by atoms with Crippen LogP contribution in [0.1, 0.15) is 20.3 Å². The van der Waals surface area contributed by atoms with Gasteiger partial charge in [-0.05, 0) is 27.3 Å². The van der Waals surface area contributed by atoms with Gasteiger partial charge in [0.2, 0.25) is 5.91 Å². The molecule has 4 nitrogen and oxygen atoms in total. The average Bonchev–Trinajstić information content (AvgIpc) is 2.28. The molecule has 1 rings (SSSR count). The predicted octanol–water partition coefficient (Wildman–Crippen LogP) is -0.424. The number of β-amino-alcohol motifs (C(OH)–C–C–N with tert-alkyl or cyclic N) is 1. The van der Waals surface area contributed by atoms with E-state index in [2.05, 4.69) is 5.32 Å². The van der Waals surface area contributed by atoms with Crippen LogP contribution in [0.2, 0.25) is 0 Å². The maximum atomic E-state index is 11.5. The SMILES string of the molecule is CC(C)NC(=O)C1CC(O)CN1C. The Morgan fingerprint density at radius 3 is 2.62 bits per heavy atom. The summed E-state index contributed by atoms with van der Waals surface area (Å²) in [5.41, 5.74) is 0. The van der Waals surface area contributed by atoms with Gasteiger partial charge < -0.3 is 10.4 Å². The fraction of sp³-hybridized carbons (Fsp3) is 0.889. The van der Waals surface area contributed by atoms with Crippen LogP contribution < -0.4 is 5.32 Å². The van der Waals surface area contributed by atoms with Gasteiger partial charge in [0.05, 0.1) is 12.1 Å². The first-order chi connectivity index (χ1) is 6.00. The van der Waals surface area contributed by atoms with Crippen molar-refractivity contribution in [2.45, 2.75) is 38.5 Å². The Morgan fingerprint density at radius 1 is 1.62 bits per heavy atom. The predicted molar refractivity (Wildman–Crippen MR) is 50.3 cm³/mol. The van der Waals surface area contributed by atoms with Crippen molar-refractivity contribution in [3.8, 4) is 0 Å². The number of nitrogens with one attached hydrogen (secondary N) is 1. The van der Waals surface area contributed by atoms with Gasteiger partial charge in [-0.3, -0.25) is 9.69 Å². The number of carbonyl (C=O) groups is 1. The monoisotopic (exact) mass is 186 g/mol. The first-order valence-electron chi connectivity index (χ1n) is 4.69. The molecule has 0 aromatic heterocycles. The Morgan fingerprint density at radius 2 is 2.23 bits per heavy atom. The van der Waals surface area contributed by atoms with Crippen molar-refractivity contribution in [2.75, 3.05) is 13.6 Å². The molecule has 1 aliphatic heterocycles. The maximum absolute atomic E-state index is 11.5. The number of aliphatic hydroxyl groups excluding tert-OH is 1. The molecule has 0 aliphatic carbocycles. The van der Waals surface area contributed by atoms with Crippen molar-refractivity contribution in [3.63, 3.8) is 0 Å². The number of hydrogen-bond donors (Lipinski definition) is 2. The van der Waals surface area contributed by atoms with E-state index in [1.54, 1.807) is 0 Å². The third-order valence-electron chi connectivity index (χ3n) is 2.26. The summed E-state index contributed by atoms with van der Waals surface area (Å²) in [6.45, 7) is 4.46. The van der Waals surface area contributed by atoms with E-state index in [9.17, 15) is 9.90 Å². The molecule has 1 amide bonds. The molecule has 4 heteroatoms. The van der Waals surface area contributed by atoms with Gasteiger partial charge in [-0.15, -0.1) is 0 Å². The molecule has 0 aromatic carbocycles. The number of aliphatic hydroxyl groups is 1. The first-order valence-corrected chi connectivity index (χ1v) is 4.69. The lowest BCUT2D eigenvalue weighted by molar-refractivity contribution is -0.125. The van der Waals surface area contributed by atoms with Crippen LogP contribution in [0.15, 0.2) is 0 Å². The molecular formula is C9H18N2O2. The summed E-state index contributed by atoms with van der Waals surface area (Å²) in [7, 11) is 1.86. The van der Waals surface area contributed by atoms with E-state index in [0.29, 0.717) is 13.0 Å². The summed E-state index contributed by atoms with van der Waals surface area (Å²) in [5, 5.41) is 12.2. The molecule has 76 valence electrons. The molecule has 2 unspecified atom stereocenters. The summed E-state index contributed by atoms with van der Waals surface area (Å²) in [5.74, 6) is 0.0223. The second kappa shape index (κ2) is 4.07. The molecule has 0 radical (unpaired) electrons. The number of likely N-dealkylation sites (tertiary alicyclic amines) is 1. The van der Waals surface area contributed by atoms with Gasteiger partial charge in [0.1, 0.15) is 0 Å². The van der Waals surface area contributed by atoms with Crippen molar-refractivity contribution >= 4 is 5.91 Å². The van der Waals surface area contributed by atoms with Crippen molar-refractivity contribution < 1.29 is 9.90 Å². The van der Waals surface area contributed by atoms with Crippen LogP contribution >= 0.6 is 0 Å². The van der Waals surface area contributed by atoms with Gasteiger partial charge >= 0.3 is 0 Å². The van der Waals surface area contributed by atoms with Crippen molar-refractivity contribution in [1.29, 1.82) is 0 Å². The highest BCUT2D eigenvalue weighted by molar-refractivity contribution is 5.82. The largest absolute Gasteiger partial charge is 0.392 e. The van der Waals surface area contributed by atoms with E-state index in [1.165, 1.54) is 0 Å². The van der Waals surface area contributed by atoms with E-state index >= 15 is 0 Å². The zero-order valence-corrected chi connectivity index (χ0v) is 8.45. The number of amides is 1. The van der Waals surface area contributed by atoms with Gasteiger partial charge in [0, 0.05) is 12.6 Å². The highest BCUT2D eigenvalue weighted by atomic mass is 16.3. The zero-order valence-electron chi connectivity index (χ0n) is 8.45. The summed E-state index contributed by atoms with van der Waals surface area (Å²) in [6, 6.07) is 0.0102. The summed E-state index contributed by atoms with van der Waals surface area (Å²) in [6.07, 6.45) is 0.197. The molecule has 1 heterocycles. The van der Waals surface area contributed by atoms with E-state index in [0.717, 1.165) is 0 Å². The summed E-state index contributed by atoms with van der Waals surface area (Å²) in [4.78, 5) is 13.4. The van der Waals surface area contributed by atoms with Crippen LogP contribution in [0, 0.1) is 0 Å². The van der Waals surface area contributed by atoms with E-state index in [1.807, 2.05) is 25.8 Å². The van der Waals surface area contributed by atoms with Crippen LogP contribution in [0.4, 0.5) is 0 Å². The van der Waals surface area contributed by atoms with Crippen molar-refractivity contribution in [3.05, 3.63) is 0 Å². The van der Waals surface area contributed by atoms with Crippen LogP contribution in [-0.4, -0.2) is 47.7 Å². The number of rotatable bonds is 2. The van der Waals surface area contributed by atoms with Crippen molar-refractivity contribution in [2.24, 2.45) is 0 Å². The Bertz CT molecular complexity index is 194. The van der Waals surface area contributed by atoms with Gasteiger partial charge in [0.15, 0.2) is 0 Å². The second-order valence-corrected chi connectivity index (χ2v) is 4.01. The number of nitrogens with zero attached hydrogens (tertiary/aromatic N) is 1. The van der Waals surface area contributed by atoms with Gasteiger partial charge in [-0.2, -0.15) is 0 Å². The van der Waals surface area contributed by atoms with Crippen LogP contribution in [0.3, 0.4) is 0 Å². The highest BCUT2D eigenvalue weighted by Crippen LogP contribution is 2.15. The molecule has 0 aromatic rings. The second-order valence-electron chi connectivity index (χ2n) is 4.01. The summed E-state index contributed by atoms with van der Waals surface area (Å²) < 4.78 is 0. The molecule has 1 saturated heterocycles. The molecule has 13 heavy (non-hydrogen) atoms. The van der Waals surface area contributed by atoms with E-state index in [-0.39, 0.29) is 24.1 Å². The Kier molecular flexibility index (Phi) is 3.27. The minimum absolute atomic E-state index is 0.0223. The van der Waals surface area contributed by atoms with Crippen LogP contribution in [0.25, 0.3) is 0 Å². The normalized spacial score (nSPS) is 29.6. The van der Waals surface area contributed by atoms with Crippen LogP contribution in [-0.2, 0) is 4.79 Å². The van der Waals surface area contributed by atoms with Gasteiger partial charge in [0.25, 0.3) is 0 Å². The maximum Gasteiger partial charge on any atom is 0.237 e. The molecule has 1 fully saturated rings. The standard InChI is InChI=1S/C9H18N2O2/c1-6(2)10-9(13)8-4-7(12)5-11(8)3/h6-8,12H,4-5H2,1-3H3,(H,10,13). The smallest absolute Gasteiger partial charge is 0.237 e. The lowest BCUT2D eigenvalue weighted by atomic mass is 10.2.